The molecular weight excluding hydrogens is 243 g/mol. The lowest BCUT2D eigenvalue weighted by Gasteiger charge is -2.07. The molecule has 0 saturated carbocycles. The Hall–Kier alpha value is -2.06. The van der Waals surface area contributed by atoms with Crippen molar-refractivity contribution in [2.75, 3.05) is 6.54 Å². The highest BCUT2D eigenvalue weighted by atomic mass is 19.4. The molecule has 1 rings (SSSR count). The highest BCUT2D eigenvalue weighted by molar-refractivity contribution is 5.87. The quantitative estimate of drug-likeness (QED) is 0.803. The van der Waals surface area contributed by atoms with Crippen molar-refractivity contribution in [2.24, 2.45) is 0 Å². The van der Waals surface area contributed by atoms with Gasteiger partial charge >= 0.3 is 12.1 Å². The smallest absolute Gasteiger partial charge is 0.405 e. The Balaban J connectivity index is 2.48. The van der Waals surface area contributed by atoms with E-state index < -0.39 is 31.1 Å². The molecule has 1 aromatic rings. The topological polar surface area (TPSA) is 84.2 Å². The van der Waals surface area contributed by atoms with E-state index in [9.17, 15) is 22.8 Å². The zero-order valence-electron chi connectivity index (χ0n) is 8.36. The van der Waals surface area contributed by atoms with Crippen molar-refractivity contribution in [3.63, 3.8) is 0 Å². The number of amides is 1. The fourth-order valence-electron chi connectivity index (χ4n) is 0.962. The highest BCUT2D eigenvalue weighted by Crippen LogP contribution is 2.12. The SMILES string of the molecule is O=C(Cn1cc(C(=O)O)cn1)NCC(F)(F)F. The van der Waals surface area contributed by atoms with E-state index >= 15 is 0 Å². The normalized spacial score (nSPS) is 11.2. The molecule has 0 atom stereocenters. The Morgan fingerprint density at radius 2 is 2.12 bits per heavy atom. The van der Waals surface area contributed by atoms with E-state index in [1.54, 1.807) is 5.32 Å². The first-order valence-electron chi connectivity index (χ1n) is 4.37. The summed E-state index contributed by atoms with van der Waals surface area (Å²) in [6.45, 7) is -1.90. The summed E-state index contributed by atoms with van der Waals surface area (Å²) >= 11 is 0. The number of carbonyl (C=O) groups is 2. The van der Waals surface area contributed by atoms with Gasteiger partial charge in [0, 0.05) is 6.20 Å². The fraction of sp³-hybridized carbons (Fsp3) is 0.375. The van der Waals surface area contributed by atoms with E-state index in [2.05, 4.69) is 5.10 Å². The standard InChI is InChI=1S/C8H8F3N3O3/c9-8(10,11)4-12-6(15)3-14-2-5(1-13-14)7(16)17/h1-2H,3-4H2,(H,12,15)(H,16,17). The van der Waals surface area contributed by atoms with Crippen LogP contribution in [0.15, 0.2) is 12.4 Å². The van der Waals surface area contributed by atoms with Gasteiger partial charge in [-0.1, -0.05) is 0 Å². The molecule has 1 heterocycles. The summed E-state index contributed by atoms with van der Waals surface area (Å²) in [6.07, 6.45) is -2.43. The van der Waals surface area contributed by atoms with Crippen molar-refractivity contribution in [1.82, 2.24) is 15.1 Å². The number of hydrogen-bond acceptors (Lipinski definition) is 3. The number of nitrogens with one attached hydrogen (secondary N) is 1. The first-order valence-corrected chi connectivity index (χ1v) is 4.37. The Labute approximate surface area is 93.0 Å². The van der Waals surface area contributed by atoms with Gasteiger partial charge in [-0.15, -0.1) is 0 Å². The number of hydrogen-bond donors (Lipinski definition) is 2. The van der Waals surface area contributed by atoms with Gasteiger partial charge < -0.3 is 10.4 Å². The van der Waals surface area contributed by atoms with Crippen LogP contribution in [0.3, 0.4) is 0 Å². The third-order valence-corrected chi connectivity index (χ3v) is 1.67. The third-order valence-electron chi connectivity index (χ3n) is 1.67. The Kier molecular flexibility index (Phi) is 3.71. The van der Waals surface area contributed by atoms with Crippen LogP contribution in [-0.2, 0) is 11.3 Å². The van der Waals surface area contributed by atoms with Crippen LogP contribution in [-0.4, -0.2) is 39.5 Å². The molecule has 0 bridgehead atoms. The lowest BCUT2D eigenvalue weighted by molar-refractivity contribution is -0.138. The largest absolute Gasteiger partial charge is 0.478 e. The first-order chi connectivity index (χ1) is 7.78. The molecule has 6 nitrogen and oxygen atoms in total. The maximum absolute atomic E-state index is 11.7. The Morgan fingerprint density at radius 3 is 2.59 bits per heavy atom. The van der Waals surface area contributed by atoms with Crippen molar-refractivity contribution in [3.05, 3.63) is 18.0 Å². The molecular formula is C8H8F3N3O3. The van der Waals surface area contributed by atoms with E-state index in [-0.39, 0.29) is 5.56 Å². The number of rotatable bonds is 4. The summed E-state index contributed by atoms with van der Waals surface area (Å²) in [4.78, 5) is 21.5. The molecule has 0 aliphatic carbocycles. The molecule has 1 aromatic heterocycles. The van der Waals surface area contributed by atoms with Crippen molar-refractivity contribution in [1.29, 1.82) is 0 Å². The number of halogens is 3. The minimum atomic E-state index is -4.48. The molecule has 9 heteroatoms. The van der Waals surface area contributed by atoms with Gasteiger partial charge in [0.25, 0.3) is 0 Å². The molecule has 0 aliphatic heterocycles. The van der Waals surface area contributed by atoms with Gasteiger partial charge in [-0.05, 0) is 0 Å². The van der Waals surface area contributed by atoms with Crippen LogP contribution in [0.5, 0.6) is 0 Å². The number of nitrogens with zero attached hydrogens (tertiary/aromatic N) is 2. The van der Waals surface area contributed by atoms with Crippen LogP contribution in [0, 0.1) is 0 Å². The zero-order valence-corrected chi connectivity index (χ0v) is 8.36. The van der Waals surface area contributed by atoms with Crippen LogP contribution in [0.1, 0.15) is 10.4 Å². The molecule has 0 unspecified atom stereocenters. The number of carboxylic acid groups (broad SMARTS) is 1. The monoisotopic (exact) mass is 251 g/mol. The third kappa shape index (κ3) is 4.53. The van der Waals surface area contributed by atoms with Crippen LogP contribution in [0.2, 0.25) is 0 Å². The van der Waals surface area contributed by atoms with Crippen LogP contribution in [0.4, 0.5) is 13.2 Å². The number of carboxylic acids is 1. The maximum Gasteiger partial charge on any atom is 0.405 e. The van der Waals surface area contributed by atoms with E-state index in [1.807, 2.05) is 0 Å². The molecule has 0 saturated heterocycles. The first kappa shape index (κ1) is 13.0. The zero-order chi connectivity index (χ0) is 13.1. The molecule has 2 N–H and O–H groups in total. The molecule has 0 aromatic carbocycles. The maximum atomic E-state index is 11.7. The van der Waals surface area contributed by atoms with E-state index in [1.165, 1.54) is 0 Å². The summed E-state index contributed by atoms with van der Waals surface area (Å²) in [5.74, 6) is -2.13. The minimum Gasteiger partial charge on any atom is -0.478 e. The van der Waals surface area contributed by atoms with Crippen molar-refractivity contribution >= 4 is 11.9 Å². The summed E-state index contributed by atoms with van der Waals surface area (Å²) in [6, 6.07) is 0. The minimum absolute atomic E-state index is 0.145. The fourth-order valence-corrected chi connectivity index (χ4v) is 0.962. The van der Waals surface area contributed by atoms with Crippen LogP contribution in [0.25, 0.3) is 0 Å². The second-order valence-corrected chi connectivity index (χ2v) is 3.12. The predicted octanol–water partition coefficient (Wildman–Crippen LogP) is 0.260. The second kappa shape index (κ2) is 4.85. The van der Waals surface area contributed by atoms with Gasteiger partial charge in [-0.3, -0.25) is 9.48 Å². The van der Waals surface area contributed by atoms with Crippen molar-refractivity contribution in [2.45, 2.75) is 12.7 Å². The molecule has 94 valence electrons. The van der Waals surface area contributed by atoms with Gasteiger partial charge in [-0.2, -0.15) is 18.3 Å². The van der Waals surface area contributed by atoms with Gasteiger partial charge in [0.1, 0.15) is 13.1 Å². The number of aromatic carboxylic acids is 1. The van der Waals surface area contributed by atoms with Crippen molar-refractivity contribution < 1.29 is 27.9 Å². The van der Waals surface area contributed by atoms with Crippen LogP contribution >= 0.6 is 0 Å². The summed E-state index contributed by atoms with van der Waals surface area (Å²) < 4.78 is 36.2. The lowest BCUT2D eigenvalue weighted by Crippen LogP contribution is -2.35. The summed E-state index contributed by atoms with van der Waals surface area (Å²) in [5.41, 5.74) is -0.145. The molecule has 0 radical (unpaired) electrons. The lowest BCUT2D eigenvalue weighted by atomic mass is 10.4. The Morgan fingerprint density at radius 1 is 1.47 bits per heavy atom. The highest BCUT2D eigenvalue weighted by Gasteiger charge is 2.27. The van der Waals surface area contributed by atoms with E-state index in [4.69, 9.17) is 5.11 Å². The van der Waals surface area contributed by atoms with Gasteiger partial charge in [0.2, 0.25) is 5.91 Å². The van der Waals surface area contributed by atoms with E-state index in [0.29, 0.717) is 0 Å². The average molecular weight is 251 g/mol. The summed E-state index contributed by atoms with van der Waals surface area (Å²) in [5, 5.41) is 13.7. The van der Waals surface area contributed by atoms with Gasteiger partial charge in [0.05, 0.1) is 11.8 Å². The summed E-state index contributed by atoms with van der Waals surface area (Å²) in [7, 11) is 0. The molecule has 0 spiro atoms. The molecule has 0 aliphatic rings. The van der Waals surface area contributed by atoms with Gasteiger partial charge in [-0.25, -0.2) is 4.79 Å². The molecule has 1 amide bonds. The van der Waals surface area contributed by atoms with Crippen LogP contribution < -0.4 is 5.32 Å². The Bertz CT molecular complexity index is 427. The molecule has 0 fully saturated rings. The second-order valence-electron chi connectivity index (χ2n) is 3.12. The van der Waals surface area contributed by atoms with Gasteiger partial charge in [0.15, 0.2) is 0 Å². The predicted molar refractivity (Wildman–Crippen MR) is 48.3 cm³/mol. The number of aromatic nitrogens is 2. The number of carbonyl (C=O) groups excluding carboxylic acids is 1. The number of alkyl halides is 3. The van der Waals surface area contributed by atoms with Crippen molar-refractivity contribution in [3.8, 4) is 0 Å². The van der Waals surface area contributed by atoms with E-state index in [0.717, 1.165) is 17.1 Å². The average Bonchev–Trinajstić information content (AvgIpc) is 2.62. The molecule has 17 heavy (non-hydrogen) atoms.